The molecule has 0 unspecified atom stereocenters. The molecule has 0 bridgehead atoms. The summed E-state index contributed by atoms with van der Waals surface area (Å²) < 4.78 is 29.2. The summed E-state index contributed by atoms with van der Waals surface area (Å²) in [5.41, 5.74) is 1.01. The van der Waals surface area contributed by atoms with Crippen molar-refractivity contribution in [2.24, 2.45) is 5.41 Å². The number of pyridine rings is 1. The summed E-state index contributed by atoms with van der Waals surface area (Å²) in [5, 5.41) is 19.5. The van der Waals surface area contributed by atoms with Crippen LogP contribution in [-0.4, -0.2) is 87.2 Å². The standard InChI is InChI=1S/C32H39ClFN7O3/c1-18-14-20-19(15-35-39-20)22(24(18)33)26-25(34)27-23(29(36-26)43-4)28(41-13-6-9-31(2,42)16-41)38-30(37-27)44-17-32-10-5-8-21(32)40(3)12-7-11-32/h14-15,21,42H,5-13,16-17H2,1-4H3,(H,35,39)/t21-,31-,32-/m1/s1. The zero-order chi connectivity index (χ0) is 30.8. The van der Waals surface area contributed by atoms with Gasteiger partial charge in [0.25, 0.3) is 0 Å². The van der Waals surface area contributed by atoms with Gasteiger partial charge in [0.1, 0.15) is 22.4 Å². The summed E-state index contributed by atoms with van der Waals surface area (Å²) in [6.45, 7) is 6.16. The molecule has 1 aromatic carbocycles. The number of nitrogens with one attached hydrogen (secondary N) is 1. The van der Waals surface area contributed by atoms with E-state index in [0.717, 1.165) is 50.6 Å². The van der Waals surface area contributed by atoms with Crippen molar-refractivity contribution in [1.82, 2.24) is 30.0 Å². The van der Waals surface area contributed by atoms with E-state index in [9.17, 15) is 5.11 Å². The Labute approximate surface area is 260 Å². The van der Waals surface area contributed by atoms with Crippen molar-refractivity contribution >= 4 is 39.2 Å². The molecule has 3 fully saturated rings. The van der Waals surface area contributed by atoms with Crippen LogP contribution in [0.5, 0.6) is 11.9 Å². The molecule has 1 aliphatic carbocycles. The van der Waals surface area contributed by atoms with E-state index in [-0.39, 0.29) is 28.5 Å². The number of nitrogens with zero attached hydrogens (tertiary/aromatic N) is 6. The van der Waals surface area contributed by atoms with Gasteiger partial charge in [-0.25, -0.2) is 9.37 Å². The van der Waals surface area contributed by atoms with E-state index < -0.39 is 11.4 Å². The fraction of sp³-hybridized carbons (Fsp3) is 0.562. The van der Waals surface area contributed by atoms with Crippen molar-refractivity contribution in [3.05, 3.63) is 28.7 Å². The second kappa shape index (κ2) is 11.0. The summed E-state index contributed by atoms with van der Waals surface area (Å²) in [5.74, 6) is -0.0482. The molecule has 5 heterocycles. The van der Waals surface area contributed by atoms with E-state index in [1.165, 1.54) is 7.11 Å². The van der Waals surface area contributed by atoms with Gasteiger partial charge in [-0.1, -0.05) is 18.0 Å². The average molecular weight is 624 g/mol. The van der Waals surface area contributed by atoms with E-state index in [0.29, 0.717) is 64.9 Å². The third kappa shape index (κ3) is 4.84. The molecule has 3 atom stereocenters. The van der Waals surface area contributed by atoms with Gasteiger partial charge in [0.15, 0.2) is 5.82 Å². The molecule has 234 valence electrons. The van der Waals surface area contributed by atoms with Crippen LogP contribution in [0.4, 0.5) is 10.2 Å². The SMILES string of the molecule is COc1nc(-c2c(Cl)c(C)cc3[nH]ncc23)c(F)c2nc(OC[C@]34CCC[C@H]3N(C)CCC4)nc(N3CCC[C@@](C)(O)C3)c12. The van der Waals surface area contributed by atoms with Crippen LogP contribution >= 0.6 is 11.6 Å². The predicted molar refractivity (Wildman–Crippen MR) is 168 cm³/mol. The number of H-pyrrole nitrogens is 1. The number of aromatic nitrogens is 5. The van der Waals surface area contributed by atoms with Crippen molar-refractivity contribution in [3.8, 4) is 23.1 Å². The minimum absolute atomic E-state index is 0.0130. The number of benzene rings is 1. The third-order valence-corrected chi connectivity index (χ3v) is 10.5. The number of ether oxygens (including phenoxy) is 2. The van der Waals surface area contributed by atoms with Crippen molar-refractivity contribution in [1.29, 1.82) is 0 Å². The van der Waals surface area contributed by atoms with E-state index in [4.69, 9.17) is 31.0 Å². The van der Waals surface area contributed by atoms with Gasteiger partial charge < -0.3 is 24.4 Å². The number of anilines is 1. The Morgan fingerprint density at radius 1 is 1.16 bits per heavy atom. The van der Waals surface area contributed by atoms with Gasteiger partial charge in [-0.05, 0) is 77.6 Å². The molecule has 0 spiro atoms. The molecule has 2 N–H and O–H groups in total. The van der Waals surface area contributed by atoms with Crippen LogP contribution in [0, 0.1) is 18.2 Å². The van der Waals surface area contributed by atoms with Crippen LogP contribution in [0.3, 0.4) is 0 Å². The van der Waals surface area contributed by atoms with Crippen molar-refractivity contribution in [2.75, 3.05) is 45.3 Å². The molecular formula is C32H39ClFN7O3. The number of aliphatic hydroxyl groups is 1. The highest BCUT2D eigenvalue weighted by molar-refractivity contribution is 6.35. The van der Waals surface area contributed by atoms with Gasteiger partial charge >= 0.3 is 6.01 Å². The number of piperidine rings is 2. The summed E-state index contributed by atoms with van der Waals surface area (Å²) in [6, 6.07) is 2.42. The van der Waals surface area contributed by atoms with Crippen LogP contribution in [0.15, 0.2) is 12.3 Å². The second-order valence-electron chi connectivity index (χ2n) is 13.2. The molecule has 2 aliphatic heterocycles. The van der Waals surface area contributed by atoms with E-state index in [1.54, 1.807) is 6.20 Å². The lowest BCUT2D eigenvalue weighted by Crippen LogP contribution is -2.50. The third-order valence-electron chi connectivity index (χ3n) is 10.0. The van der Waals surface area contributed by atoms with Gasteiger partial charge in [0, 0.05) is 35.5 Å². The monoisotopic (exact) mass is 623 g/mol. The summed E-state index contributed by atoms with van der Waals surface area (Å²) >= 11 is 6.81. The lowest BCUT2D eigenvalue weighted by molar-refractivity contribution is 0.0132. The molecule has 10 nitrogen and oxygen atoms in total. The Balaban J connectivity index is 1.41. The van der Waals surface area contributed by atoms with Gasteiger partial charge in [-0.2, -0.15) is 15.1 Å². The zero-order valence-electron chi connectivity index (χ0n) is 25.7. The first-order valence-electron chi connectivity index (χ1n) is 15.5. The highest BCUT2D eigenvalue weighted by atomic mass is 35.5. The normalized spacial score (nSPS) is 26.0. The molecule has 0 radical (unpaired) electrons. The lowest BCUT2D eigenvalue weighted by Gasteiger charge is -2.44. The first kappa shape index (κ1) is 29.4. The molecule has 3 aromatic heterocycles. The highest BCUT2D eigenvalue weighted by Crippen LogP contribution is 2.48. The number of methoxy groups -OCH3 is 1. The first-order chi connectivity index (χ1) is 21.1. The summed E-state index contributed by atoms with van der Waals surface area (Å²) in [4.78, 5) is 18.7. The Bertz CT molecular complexity index is 1750. The number of β-amino-alcohol motifs (C(OH)–C–C–N with tert-alkyl or cyclic N) is 1. The minimum atomic E-state index is -0.930. The highest BCUT2D eigenvalue weighted by Gasteiger charge is 2.47. The number of rotatable bonds is 6. The minimum Gasteiger partial charge on any atom is -0.480 e. The maximum absolute atomic E-state index is 16.9. The molecule has 3 aliphatic rings. The number of aryl methyl sites for hydroxylation is 1. The van der Waals surface area contributed by atoms with Crippen LogP contribution in [0.2, 0.25) is 5.02 Å². The largest absolute Gasteiger partial charge is 0.480 e. The number of halogens is 2. The number of aromatic amines is 1. The van der Waals surface area contributed by atoms with E-state index in [1.807, 2.05) is 24.8 Å². The lowest BCUT2D eigenvalue weighted by atomic mass is 9.76. The molecule has 4 aromatic rings. The number of fused-ring (bicyclic) bond motifs is 3. The van der Waals surface area contributed by atoms with Crippen LogP contribution < -0.4 is 14.4 Å². The van der Waals surface area contributed by atoms with Gasteiger partial charge in [0.2, 0.25) is 5.88 Å². The zero-order valence-corrected chi connectivity index (χ0v) is 26.5. The quantitative estimate of drug-likeness (QED) is 0.280. The molecule has 0 amide bonds. The number of likely N-dealkylation sites (tertiary alicyclic amines) is 1. The van der Waals surface area contributed by atoms with Crippen LogP contribution in [-0.2, 0) is 0 Å². The molecule has 7 rings (SSSR count). The van der Waals surface area contributed by atoms with Gasteiger partial charge in [0.05, 0.1) is 36.1 Å². The molecule has 1 saturated carbocycles. The second-order valence-corrected chi connectivity index (χ2v) is 13.6. The molecule has 12 heteroatoms. The number of hydrogen-bond donors (Lipinski definition) is 2. The van der Waals surface area contributed by atoms with Crippen molar-refractivity contribution < 1.29 is 19.0 Å². The van der Waals surface area contributed by atoms with Gasteiger partial charge in [-0.15, -0.1) is 0 Å². The average Bonchev–Trinajstić information content (AvgIpc) is 3.65. The first-order valence-corrected chi connectivity index (χ1v) is 15.9. The molecule has 44 heavy (non-hydrogen) atoms. The predicted octanol–water partition coefficient (Wildman–Crippen LogP) is 5.67. The Hall–Kier alpha value is -3.28. The fourth-order valence-corrected chi connectivity index (χ4v) is 8.17. The van der Waals surface area contributed by atoms with Gasteiger partial charge in [-0.3, -0.25) is 5.10 Å². The van der Waals surface area contributed by atoms with Crippen molar-refractivity contribution in [3.63, 3.8) is 0 Å². The molecule has 2 saturated heterocycles. The number of hydrogen-bond acceptors (Lipinski definition) is 9. The Kier molecular flexibility index (Phi) is 7.33. The topological polar surface area (TPSA) is 113 Å². The van der Waals surface area contributed by atoms with Crippen molar-refractivity contribution in [2.45, 2.75) is 70.4 Å². The maximum atomic E-state index is 16.9. The fourth-order valence-electron chi connectivity index (χ4n) is 7.93. The van der Waals surface area contributed by atoms with Crippen LogP contribution in [0.1, 0.15) is 57.4 Å². The van der Waals surface area contributed by atoms with Crippen LogP contribution in [0.25, 0.3) is 33.1 Å². The Morgan fingerprint density at radius 2 is 1.95 bits per heavy atom. The molecular weight excluding hydrogens is 585 g/mol. The summed E-state index contributed by atoms with van der Waals surface area (Å²) in [7, 11) is 3.69. The van der Waals surface area contributed by atoms with E-state index >= 15 is 4.39 Å². The van der Waals surface area contributed by atoms with E-state index in [2.05, 4.69) is 27.1 Å². The Morgan fingerprint density at radius 3 is 2.75 bits per heavy atom. The summed E-state index contributed by atoms with van der Waals surface area (Å²) in [6.07, 6.45) is 8.61. The smallest absolute Gasteiger partial charge is 0.319 e. The maximum Gasteiger partial charge on any atom is 0.319 e.